The van der Waals surface area contributed by atoms with E-state index >= 15 is 0 Å². The summed E-state index contributed by atoms with van der Waals surface area (Å²) in [6, 6.07) is 8.74. The smallest absolute Gasteiger partial charge is 0.323 e. The summed E-state index contributed by atoms with van der Waals surface area (Å²) in [6.07, 6.45) is 0.127. The number of para-hydroxylation sites is 1. The van der Waals surface area contributed by atoms with Crippen molar-refractivity contribution < 1.29 is 14.3 Å². The Morgan fingerprint density at radius 3 is 2.84 bits per heavy atom. The summed E-state index contributed by atoms with van der Waals surface area (Å²) in [6.45, 7) is 3.80. The standard InChI is InChI=1S/C14H18N2O3/c1-2-16-8-9-19-14(18)12(16)10-13(17)15-11-6-4-3-5-7-11/h3-7,12H,2,8-10H2,1H3,(H,15,17). The van der Waals surface area contributed by atoms with Gasteiger partial charge in [-0.25, -0.2) is 0 Å². The zero-order valence-corrected chi connectivity index (χ0v) is 11.0. The molecule has 19 heavy (non-hydrogen) atoms. The third kappa shape index (κ3) is 3.54. The highest BCUT2D eigenvalue weighted by Crippen LogP contribution is 2.13. The predicted octanol–water partition coefficient (Wildman–Crippen LogP) is 1.26. The molecule has 0 spiro atoms. The van der Waals surface area contributed by atoms with Gasteiger partial charge in [0.05, 0.1) is 6.42 Å². The molecule has 2 rings (SSSR count). The number of likely N-dealkylation sites (N-methyl/N-ethyl adjacent to an activating group) is 1. The van der Waals surface area contributed by atoms with E-state index in [1.54, 1.807) is 0 Å². The van der Waals surface area contributed by atoms with Crippen molar-refractivity contribution in [2.24, 2.45) is 0 Å². The Kier molecular flexibility index (Phi) is 4.52. The van der Waals surface area contributed by atoms with Crippen LogP contribution in [0, 0.1) is 0 Å². The maximum Gasteiger partial charge on any atom is 0.323 e. The van der Waals surface area contributed by atoms with E-state index in [9.17, 15) is 9.59 Å². The van der Waals surface area contributed by atoms with Crippen molar-refractivity contribution in [3.05, 3.63) is 30.3 Å². The number of hydrogen-bond acceptors (Lipinski definition) is 4. The summed E-state index contributed by atoms with van der Waals surface area (Å²) in [4.78, 5) is 25.6. The first-order valence-corrected chi connectivity index (χ1v) is 6.46. The largest absolute Gasteiger partial charge is 0.463 e. The fraction of sp³-hybridized carbons (Fsp3) is 0.429. The highest BCUT2D eigenvalue weighted by atomic mass is 16.5. The second-order valence-corrected chi connectivity index (χ2v) is 4.43. The third-order valence-electron chi connectivity index (χ3n) is 3.18. The Hall–Kier alpha value is -1.88. The topological polar surface area (TPSA) is 58.6 Å². The van der Waals surface area contributed by atoms with Gasteiger partial charge in [-0.1, -0.05) is 25.1 Å². The Morgan fingerprint density at radius 1 is 1.42 bits per heavy atom. The maximum absolute atomic E-state index is 11.9. The van der Waals surface area contributed by atoms with Gasteiger partial charge in [0.25, 0.3) is 0 Å². The lowest BCUT2D eigenvalue weighted by atomic mass is 10.1. The molecule has 0 bridgehead atoms. The number of esters is 1. The normalized spacial score (nSPS) is 19.8. The second-order valence-electron chi connectivity index (χ2n) is 4.43. The van der Waals surface area contributed by atoms with Crippen molar-refractivity contribution in [3.63, 3.8) is 0 Å². The zero-order valence-electron chi connectivity index (χ0n) is 11.0. The van der Waals surface area contributed by atoms with Crippen molar-refractivity contribution in [1.82, 2.24) is 4.90 Å². The number of ether oxygens (including phenoxy) is 1. The molecule has 102 valence electrons. The maximum atomic E-state index is 11.9. The number of carbonyl (C=O) groups is 2. The number of amides is 1. The number of nitrogens with zero attached hydrogens (tertiary/aromatic N) is 1. The number of benzene rings is 1. The monoisotopic (exact) mass is 262 g/mol. The minimum atomic E-state index is -0.470. The third-order valence-corrected chi connectivity index (χ3v) is 3.18. The molecule has 5 heteroatoms. The van der Waals surface area contributed by atoms with E-state index in [0.717, 1.165) is 12.2 Å². The Morgan fingerprint density at radius 2 is 2.16 bits per heavy atom. The van der Waals surface area contributed by atoms with Crippen LogP contribution >= 0.6 is 0 Å². The van der Waals surface area contributed by atoms with Gasteiger partial charge in [-0.3, -0.25) is 14.5 Å². The Bertz CT molecular complexity index is 447. The average Bonchev–Trinajstić information content (AvgIpc) is 2.42. The van der Waals surface area contributed by atoms with Gasteiger partial charge in [-0.05, 0) is 18.7 Å². The molecule has 0 aliphatic carbocycles. The molecule has 1 amide bonds. The van der Waals surface area contributed by atoms with Crippen LogP contribution in [0.3, 0.4) is 0 Å². The molecule has 1 aromatic rings. The molecular weight excluding hydrogens is 244 g/mol. The van der Waals surface area contributed by atoms with Crippen molar-refractivity contribution in [2.45, 2.75) is 19.4 Å². The van der Waals surface area contributed by atoms with Gasteiger partial charge in [-0.2, -0.15) is 0 Å². The molecule has 1 aliphatic heterocycles. The lowest BCUT2D eigenvalue weighted by Gasteiger charge is -2.32. The number of rotatable bonds is 4. The number of cyclic esters (lactones) is 1. The molecule has 0 radical (unpaired) electrons. The van der Waals surface area contributed by atoms with Crippen molar-refractivity contribution in [1.29, 1.82) is 0 Å². The van der Waals surface area contributed by atoms with Crippen LogP contribution in [0.25, 0.3) is 0 Å². The number of anilines is 1. The molecular formula is C14H18N2O3. The van der Waals surface area contributed by atoms with Crippen LogP contribution in [0.15, 0.2) is 30.3 Å². The molecule has 1 aliphatic rings. The first-order valence-electron chi connectivity index (χ1n) is 6.46. The van der Waals surface area contributed by atoms with Crippen LogP contribution in [0.2, 0.25) is 0 Å². The van der Waals surface area contributed by atoms with Gasteiger partial charge in [-0.15, -0.1) is 0 Å². The van der Waals surface area contributed by atoms with Crippen molar-refractivity contribution in [2.75, 3.05) is 25.0 Å². The first-order chi connectivity index (χ1) is 9.20. The number of carbonyl (C=O) groups excluding carboxylic acids is 2. The number of hydrogen-bond donors (Lipinski definition) is 1. The number of morpholine rings is 1. The van der Waals surface area contributed by atoms with Gasteiger partial charge >= 0.3 is 5.97 Å². The van der Waals surface area contributed by atoms with E-state index in [4.69, 9.17) is 4.74 Å². The fourth-order valence-electron chi connectivity index (χ4n) is 2.16. The summed E-state index contributed by atoms with van der Waals surface area (Å²) in [7, 11) is 0. The lowest BCUT2D eigenvalue weighted by Crippen LogP contribution is -2.50. The van der Waals surface area contributed by atoms with Crippen LogP contribution in [0.4, 0.5) is 5.69 Å². The van der Waals surface area contributed by atoms with Crippen molar-refractivity contribution >= 4 is 17.6 Å². The summed E-state index contributed by atoms with van der Waals surface area (Å²) < 4.78 is 5.01. The highest BCUT2D eigenvalue weighted by Gasteiger charge is 2.32. The van der Waals surface area contributed by atoms with Gasteiger partial charge in [0.2, 0.25) is 5.91 Å². The summed E-state index contributed by atoms with van der Waals surface area (Å²) in [5.74, 6) is -0.482. The van der Waals surface area contributed by atoms with Crippen molar-refractivity contribution in [3.8, 4) is 0 Å². The van der Waals surface area contributed by atoms with Gasteiger partial charge in [0.1, 0.15) is 12.6 Å². The molecule has 1 atom stereocenters. The number of nitrogens with one attached hydrogen (secondary N) is 1. The molecule has 1 fully saturated rings. The van der Waals surface area contributed by atoms with Crippen LogP contribution in [0.1, 0.15) is 13.3 Å². The van der Waals surface area contributed by atoms with Gasteiger partial charge in [0.15, 0.2) is 0 Å². The first kappa shape index (κ1) is 13.5. The highest BCUT2D eigenvalue weighted by molar-refractivity contribution is 5.94. The average molecular weight is 262 g/mol. The quantitative estimate of drug-likeness (QED) is 0.830. The fourth-order valence-corrected chi connectivity index (χ4v) is 2.16. The molecule has 1 aromatic carbocycles. The molecule has 0 aromatic heterocycles. The van der Waals surface area contributed by atoms with E-state index < -0.39 is 6.04 Å². The van der Waals surface area contributed by atoms with E-state index in [1.807, 2.05) is 42.2 Å². The summed E-state index contributed by atoms with van der Waals surface area (Å²) in [5.41, 5.74) is 0.736. The molecule has 0 saturated carbocycles. The van der Waals surface area contributed by atoms with Crippen LogP contribution in [-0.2, 0) is 14.3 Å². The SMILES string of the molecule is CCN1CCOC(=O)C1CC(=O)Nc1ccccc1. The minimum absolute atomic E-state index is 0.127. The van der Waals surface area contributed by atoms with Gasteiger partial charge < -0.3 is 10.1 Å². The summed E-state index contributed by atoms with van der Waals surface area (Å²) in [5, 5.41) is 2.78. The molecule has 1 unspecified atom stereocenters. The second kappa shape index (κ2) is 6.33. The zero-order chi connectivity index (χ0) is 13.7. The Labute approximate surface area is 112 Å². The van der Waals surface area contributed by atoms with Crippen LogP contribution in [-0.4, -0.2) is 42.5 Å². The lowest BCUT2D eigenvalue weighted by molar-refractivity contribution is -0.158. The predicted molar refractivity (Wildman–Crippen MR) is 71.7 cm³/mol. The van der Waals surface area contributed by atoms with Crippen LogP contribution in [0.5, 0.6) is 0 Å². The van der Waals surface area contributed by atoms with E-state index in [0.29, 0.717) is 13.2 Å². The Balaban J connectivity index is 1.95. The van der Waals surface area contributed by atoms with E-state index in [-0.39, 0.29) is 18.3 Å². The van der Waals surface area contributed by atoms with E-state index in [1.165, 1.54) is 0 Å². The molecule has 1 saturated heterocycles. The summed E-state index contributed by atoms with van der Waals surface area (Å²) >= 11 is 0. The molecule has 1 N–H and O–H groups in total. The van der Waals surface area contributed by atoms with E-state index in [2.05, 4.69) is 5.32 Å². The molecule has 5 nitrogen and oxygen atoms in total. The molecule has 1 heterocycles. The van der Waals surface area contributed by atoms with Crippen LogP contribution < -0.4 is 5.32 Å². The van der Waals surface area contributed by atoms with Gasteiger partial charge in [0, 0.05) is 12.2 Å². The minimum Gasteiger partial charge on any atom is -0.463 e.